The SMILES string of the molecule is CCC(CC)NC(=O)CN(CC)C1CCNCC1. The fourth-order valence-electron chi connectivity index (χ4n) is 2.62. The minimum absolute atomic E-state index is 0.184. The molecule has 0 aromatic heterocycles. The normalized spacial score (nSPS) is 17.4. The molecule has 1 rings (SSSR count). The van der Waals surface area contributed by atoms with Crippen LogP contribution >= 0.6 is 0 Å². The van der Waals surface area contributed by atoms with Crippen molar-refractivity contribution in [3.63, 3.8) is 0 Å². The predicted octanol–water partition coefficient (Wildman–Crippen LogP) is 1.37. The fourth-order valence-corrected chi connectivity index (χ4v) is 2.62. The first kappa shape index (κ1) is 15.4. The molecule has 0 radical (unpaired) electrons. The quantitative estimate of drug-likeness (QED) is 0.722. The Hall–Kier alpha value is -0.610. The van der Waals surface area contributed by atoms with Gasteiger partial charge in [-0.15, -0.1) is 0 Å². The van der Waals surface area contributed by atoms with Crippen LogP contribution in [0.3, 0.4) is 0 Å². The van der Waals surface area contributed by atoms with Crippen LogP contribution in [0.1, 0.15) is 46.5 Å². The average molecular weight is 255 g/mol. The number of rotatable bonds is 7. The van der Waals surface area contributed by atoms with E-state index in [0.717, 1.165) is 45.3 Å². The van der Waals surface area contributed by atoms with E-state index in [-0.39, 0.29) is 5.91 Å². The summed E-state index contributed by atoms with van der Waals surface area (Å²) in [4.78, 5) is 14.3. The number of nitrogens with zero attached hydrogens (tertiary/aromatic N) is 1. The van der Waals surface area contributed by atoms with E-state index < -0.39 is 0 Å². The van der Waals surface area contributed by atoms with E-state index in [4.69, 9.17) is 0 Å². The minimum Gasteiger partial charge on any atom is -0.352 e. The smallest absolute Gasteiger partial charge is 0.234 e. The molecule has 18 heavy (non-hydrogen) atoms. The molecule has 4 nitrogen and oxygen atoms in total. The summed E-state index contributed by atoms with van der Waals surface area (Å²) in [6.45, 7) is 10.1. The lowest BCUT2D eigenvalue weighted by Gasteiger charge is -2.33. The Morgan fingerprint density at radius 3 is 2.39 bits per heavy atom. The summed E-state index contributed by atoms with van der Waals surface area (Å²) >= 11 is 0. The lowest BCUT2D eigenvalue weighted by atomic mass is 10.0. The zero-order valence-corrected chi connectivity index (χ0v) is 12.2. The van der Waals surface area contributed by atoms with Gasteiger partial charge in [0.25, 0.3) is 0 Å². The molecule has 0 atom stereocenters. The molecule has 0 aromatic rings. The van der Waals surface area contributed by atoms with Crippen molar-refractivity contribution in [2.24, 2.45) is 0 Å². The zero-order chi connectivity index (χ0) is 13.4. The van der Waals surface area contributed by atoms with Gasteiger partial charge in [-0.05, 0) is 45.3 Å². The molecule has 106 valence electrons. The Balaban J connectivity index is 2.39. The monoisotopic (exact) mass is 255 g/mol. The molecule has 1 amide bonds. The summed E-state index contributed by atoms with van der Waals surface area (Å²) in [6.07, 6.45) is 4.35. The summed E-state index contributed by atoms with van der Waals surface area (Å²) in [5.74, 6) is 0.184. The number of amides is 1. The maximum Gasteiger partial charge on any atom is 0.234 e. The average Bonchev–Trinajstić information content (AvgIpc) is 2.43. The van der Waals surface area contributed by atoms with Gasteiger partial charge in [0.2, 0.25) is 5.91 Å². The van der Waals surface area contributed by atoms with E-state index in [1.54, 1.807) is 0 Å². The van der Waals surface area contributed by atoms with E-state index in [2.05, 4.69) is 36.3 Å². The summed E-state index contributed by atoms with van der Waals surface area (Å²) < 4.78 is 0. The Bertz CT molecular complexity index is 235. The Morgan fingerprint density at radius 2 is 1.89 bits per heavy atom. The molecule has 4 heteroatoms. The van der Waals surface area contributed by atoms with Crippen molar-refractivity contribution in [1.82, 2.24) is 15.5 Å². The standard InChI is InChI=1S/C14H29N3O/c1-4-12(5-2)16-14(18)11-17(6-3)13-7-9-15-10-8-13/h12-13,15H,4-11H2,1-3H3,(H,16,18). The number of carbonyl (C=O) groups excluding carboxylic acids is 1. The van der Waals surface area contributed by atoms with Crippen LogP contribution in [-0.2, 0) is 4.79 Å². The molecule has 0 saturated carbocycles. The lowest BCUT2D eigenvalue weighted by molar-refractivity contribution is -0.123. The molecular formula is C14H29N3O. The highest BCUT2D eigenvalue weighted by Gasteiger charge is 2.22. The molecule has 0 aromatic carbocycles. The van der Waals surface area contributed by atoms with E-state index in [9.17, 15) is 4.79 Å². The van der Waals surface area contributed by atoms with E-state index >= 15 is 0 Å². The molecule has 0 spiro atoms. The highest BCUT2D eigenvalue weighted by atomic mass is 16.2. The number of piperidine rings is 1. The van der Waals surface area contributed by atoms with Crippen molar-refractivity contribution in [2.75, 3.05) is 26.2 Å². The van der Waals surface area contributed by atoms with Gasteiger partial charge >= 0.3 is 0 Å². The molecule has 0 unspecified atom stereocenters. The van der Waals surface area contributed by atoms with Crippen LogP contribution in [0.5, 0.6) is 0 Å². The van der Waals surface area contributed by atoms with Crippen LogP contribution in [-0.4, -0.2) is 49.1 Å². The largest absolute Gasteiger partial charge is 0.352 e. The Kier molecular flexibility index (Phi) is 7.28. The van der Waals surface area contributed by atoms with E-state index in [0.29, 0.717) is 18.6 Å². The van der Waals surface area contributed by atoms with Crippen molar-refractivity contribution < 1.29 is 4.79 Å². The van der Waals surface area contributed by atoms with Crippen LogP contribution in [0.2, 0.25) is 0 Å². The highest BCUT2D eigenvalue weighted by Crippen LogP contribution is 2.11. The first-order valence-corrected chi connectivity index (χ1v) is 7.45. The number of carbonyl (C=O) groups is 1. The van der Waals surface area contributed by atoms with Gasteiger partial charge in [0.1, 0.15) is 0 Å². The van der Waals surface area contributed by atoms with Gasteiger partial charge in [-0.1, -0.05) is 20.8 Å². The second-order valence-electron chi connectivity index (χ2n) is 5.13. The maximum absolute atomic E-state index is 12.0. The maximum atomic E-state index is 12.0. The van der Waals surface area contributed by atoms with Gasteiger partial charge in [0, 0.05) is 12.1 Å². The van der Waals surface area contributed by atoms with Gasteiger partial charge in [0.15, 0.2) is 0 Å². The summed E-state index contributed by atoms with van der Waals surface area (Å²) in [7, 11) is 0. The molecule has 1 saturated heterocycles. The Morgan fingerprint density at radius 1 is 1.28 bits per heavy atom. The second-order valence-corrected chi connectivity index (χ2v) is 5.13. The summed E-state index contributed by atoms with van der Waals surface area (Å²) in [5, 5.41) is 6.49. The van der Waals surface area contributed by atoms with E-state index in [1.165, 1.54) is 0 Å². The molecule has 1 heterocycles. The molecule has 1 fully saturated rings. The van der Waals surface area contributed by atoms with Gasteiger partial charge < -0.3 is 10.6 Å². The molecule has 1 aliphatic rings. The van der Waals surface area contributed by atoms with Crippen LogP contribution in [0, 0.1) is 0 Å². The van der Waals surface area contributed by atoms with Crippen molar-refractivity contribution in [2.45, 2.75) is 58.5 Å². The fraction of sp³-hybridized carbons (Fsp3) is 0.929. The molecule has 0 aliphatic carbocycles. The minimum atomic E-state index is 0.184. The second kappa shape index (κ2) is 8.48. The van der Waals surface area contributed by atoms with Crippen LogP contribution < -0.4 is 10.6 Å². The predicted molar refractivity (Wildman–Crippen MR) is 75.7 cm³/mol. The zero-order valence-electron chi connectivity index (χ0n) is 12.2. The molecule has 2 N–H and O–H groups in total. The molecular weight excluding hydrogens is 226 g/mol. The summed E-state index contributed by atoms with van der Waals surface area (Å²) in [6, 6.07) is 0.910. The number of hydrogen-bond donors (Lipinski definition) is 2. The third-order valence-electron chi connectivity index (χ3n) is 3.93. The van der Waals surface area contributed by atoms with Crippen LogP contribution in [0.15, 0.2) is 0 Å². The topological polar surface area (TPSA) is 44.4 Å². The number of nitrogens with one attached hydrogen (secondary N) is 2. The van der Waals surface area contributed by atoms with Crippen molar-refractivity contribution in [3.05, 3.63) is 0 Å². The van der Waals surface area contributed by atoms with Gasteiger partial charge in [0.05, 0.1) is 6.54 Å². The van der Waals surface area contributed by atoms with Gasteiger partial charge in [-0.2, -0.15) is 0 Å². The first-order valence-electron chi connectivity index (χ1n) is 7.45. The van der Waals surface area contributed by atoms with Gasteiger partial charge in [-0.3, -0.25) is 9.69 Å². The molecule has 1 aliphatic heterocycles. The van der Waals surface area contributed by atoms with E-state index in [1.807, 2.05) is 0 Å². The lowest BCUT2D eigenvalue weighted by Crippen LogP contribution is -2.48. The Labute approximate surface area is 111 Å². The van der Waals surface area contributed by atoms with Gasteiger partial charge in [-0.25, -0.2) is 0 Å². The highest BCUT2D eigenvalue weighted by molar-refractivity contribution is 5.78. The van der Waals surface area contributed by atoms with Crippen molar-refractivity contribution in [1.29, 1.82) is 0 Å². The molecule has 0 bridgehead atoms. The van der Waals surface area contributed by atoms with Crippen LogP contribution in [0.25, 0.3) is 0 Å². The van der Waals surface area contributed by atoms with Crippen molar-refractivity contribution in [3.8, 4) is 0 Å². The summed E-state index contributed by atoms with van der Waals surface area (Å²) in [5.41, 5.74) is 0. The van der Waals surface area contributed by atoms with Crippen molar-refractivity contribution >= 4 is 5.91 Å². The number of hydrogen-bond acceptors (Lipinski definition) is 3. The third-order valence-corrected chi connectivity index (χ3v) is 3.93. The number of likely N-dealkylation sites (N-methyl/N-ethyl adjacent to an activating group) is 1. The first-order chi connectivity index (χ1) is 8.71. The third kappa shape index (κ3) is 4.94. The van der Waals surface area contributed by atoms with Crippen LogP contribution in [0.4, 0.5) is 0 Å².